The Labute approximate surface area is 169 Å². The van der Waals surface area contributed by atoms with Crippen molar-refractivity contribution in [1.29, 1.82) is 0 Å². The Morgan fingerprint density at radius 1 is 1.00 bits per heavy atom. The number of rotatable bonds is 6. The van der Waals surface area contributed by atoms with Crippen molar-refractivity contribution >= 4 is 17.5 Å². The number of benzene rings is 2. The molecule has 1 N–H and O–H groups in total. The number of carbonyl (C=O) groups excluding carboxylic acids is 2. The third-order valence-corrected chi connectivity index (χ3v) is 5.10. The molecule has 0 spiro atoms. The van der Waals surface area contributed by atoms with Crippen LogP contribution in [0.4, 0.5) is 5.69 Å². The number of aromatic nitrogens is 1. The Bertz CT molecular complexity index is 974. The zero-order valence-electron chi connectivity index (χ0n) is 16.1. The van der Waals surface area contributed by atoms with Crippen LogP contribution in [0.25, 0.3) is 11.3 Å². The monoisotopic (exact) mass is 389 g/mol. The van der Waals surface area contributed by atoms with Gasteiger partial charge in [0, 0.05) is 36.8 Å². The van der Waals surface area contributed by atoms with Crippen LogP contribution in [-0.2, 0) is 11.2 Å². The highest BCUT2D eigenvalue weighted by Gasteiger charge is 2.17. The molecule has 0 bridgehead atoms. The van der Waals surface area contributed by atoms with Gasteiger partial charge < -0.3 is 14.7 Å². The lowest BCUT2D eigenvalue weighted by Crippen LogP contribution is -2.27. The van der Waals surface area contributed by atoms with Gasteiger partial charge in [-0.25, -0.2) is 0 Å². The predicted octanol–water partition coefficient (Wildman–Crippen LogP) is 4.15. The minimum atomic E-state index is -0.326. The van der Waals surface area contributed by atoms with Crippen LogP contribution in [0.15, 0.2) is 65.2 Å². The summed E-state index contributed by atoms with van der Waals surface area (Å²) in [5.74, 6) is 0.446. The molecule has 2 aromatic carbocycles. The van der Waals surface area contributed by atoms with Crippen LogP contribution in [0.3, 0.4) is 0 Å². The van der Waals surface area contributed by atoms with Crippen LogP contribution in [0.5, 0.6) is 0 Å². The number of amides is 2. The second-order valence-corrected chi connectivity index (χ2v) is 7.18. The number of aryl methyl sites for hydroxylation is 1. The van der Waals surface area contributed by atoms with Gasteiger partial charge in [0.1, 0.15) is 0 Å². The quantitative estimate of drug-likeness (QED) is 0.687. The fourth-order valence-electron chi connectivity index (χ4n) is 3.45. The molecule has 6 heteroatoms. The van der Waals surface area contributed by atoms with Gasteiger partial charge in [-0.15, -0.1) is 0 Å². The summed E-state index contributed by atoms with van der Waals surface area (Å²) in [5.41, 5.74) is 2.84. The van der Waals surface area contributed by atoms with Gasteiger partial charge in [0.15, 0.2) is 11.5 Å². The third kappa shape index (κ3) is 4.71. The molecular weight excluding hydrogens is 366 g/mol. The van der Waals surface area contributed by atoms with E-state index in [-0.39, 0.29) is 17.5 Å². The summed E-state index contributed by atoms with van der Waals surface area (Å²) in [5, 5.41) is 6.69. The molecule has 1 saturated heterocycles. The van der Waals surface area contributed by atoms with E-state index in [9.17, 15) is 9.59 Å². The van der Waals surface area contributed by atoms with E-state index in [1.54, 1.807) is 6.07 Å². The summed E-state index contributed by atoms with van der Waals surface area (Å²) in [6.07, 6.45) is 3.44. The predicted molar refractivity (Wildman–Crippen MR) is 110 cm³/mol. The molecule has 2 amide bonds. The second-order valence-electron chi connectivity index (χ2n) is 7.18. The van der Waals surface area contributed by atoms with E-state index >= 15 is 0 Å². The van der Waals surface area contributed by atoms with Gasteiger partial charge in [0.25, 0.3) is 5.91 Å². The molecule has 0 saturated carbocycles. The number of anilines is 1. The van der Waals surface area contributed by atoms with Crippen molar-refractivity contribution < 1.29 is 14.1 Å². The summed E-state index contributed by atoms with van der Waals surface area (Å²) in [4.78, 5) is 26.5. The number of hydrogen-bond donors (Lipinski definition) is 1. The molecule has 1 aromatic heterocycles. The maximum Gasteiger partial charge on any atom is 0.277 e. The smallest absolute Gasteiger partial charge is 0.277 e. The average molecular weight is 389 g/mol. The Hall–Kier alpha value is -3.41. The minimum absolute atomic E-state index is 0.222. The third-order valence-electron chi connectivity index (χ3n) is 5.10. The normalized spacial score (nSPS) is 13.4. The lowest BCUT2D eigenvalue weighted by molar-refractivity contribution is -0.130. The highest BCUT2D eigenvalue weighted by molar-refractivity contribution is 6.03. The van der Waals surface area contributed by atoms with Crippen molar-refractivity contribution in [3.63, 3.8) is 0 Å². The lowest BCUT2D eigenvalue weighted by Gasteiger charge is -2.15. The average Bonchev–Trinajstić information content (AvgIpc) is 3.46. The molecule has 3 aromatic rings. The zero-order valence-corrected chi connectivity index (χ0v) is 16.1. The van der Waals surface area contributed by atoms with E-state index in [0.29, 0.717) is 24.3 Å². The SMILES string of the molecule is O=C(Nc1ccc(CCC(=O)N2CCCC2)cc1)c1cc(-c2ccccc2)on1. The van der Waals surface area contributed by atoms with Crippen LogP contribution < -0.4 is 5.32 Å². The van der Waals surface area contributed by atoms with E-state index < -0.39 is 0 Å². The Balaban J connectivity index is 1.32. The first-order valence-electron chi connectivity index (χ1n) is 9.89. The van der Waals surface area contributed by atoms with E-state index in [0.717, 1.165) is 37.1 Å². The Morgan fingerprint density at radius 2 is 1.72 bits per heavy atom. The summed E-state index contributed by atoms with van der Waals surface area (Å²) in [6, 6.07) is 18.7. The van der Waals surface area contributed by atoms with Crippen molar-refractivity contribution in [3.8, 4) is 11.3 Å². The lowest BCUT2D eigenvalue weighted by atomic mass is 10.1. The van der Waals surface area contributed by atoms with E-state index in [4.69, 9.17) is 4.52 Å². The summed E-state index contributed by atoms with van der Waals surface area (Å²) in [6.45, 7) is 1.77. The molecule has 0 aliphatic carbocycles. The van der Waals surface area contributed by atoms with Crippen LogP contribution in [-0.4, -0.2) is 35.0 Å². The van der Waals surface area contributed by atoms with Crippen molar-refractivity contribution in [2.24, 2.45) is 0 Å². The van der Waals surface area contributed by atoms with Gasteiger partial charge in [-0.1, -0.05) is 47.6 Å². The van der Waals surface area contributed by atoms with E-state index in [1.807, 2.05) is 59.5 Å². The highest BCUT2D eigenvalue weighted by Crippen LogP contribution is 2.20. The first-order chi connectivity index (χ1) is 14.2. The molecule has 1 aliphatic heterocycles. The molecule has 1 aliphatic rings. The first kappa shape index (κ1) is 18.9. The molecule has 4 rings (SSSR count). The number of hydrogen-bond acceptors (Lipinski definition) is 4. The first-order valence-corrected chi connectivity index (χ1v) is 9.89. The fourth-order valence-corrected chi connectivity index (χ4v) is 3.45. The molecular formula is C23H23N3O3. The topological polar surface area (TPSA) is 75.4 Å². The standard InChI is InChI=1S/C23H23N3O3/c27-22(26-14-4-5-15-26)13-10-17-8-11-19(12-9-17)24-23(28)20-16-21(29-25-20)18-6-2-1-3-7-18/h1-3,6-9,11-12,16H,4-5,10,13-15H2,(H,24,28). The van der Waals surface area contributed by atoms with Crippen molar-refractivity contribution in [2.75, 3.05) is 18.4 Å². The number of nitrogens with one attached hydrogen (secondary N) is 1. The molecule has 1 fully saturated rings. The maximum absolute atomic E-state index is 12.4. The van der Waals surface area contributed by atoms with Crippen LogP contribution in [0.2, 0.25) is 0 Å². The summed E-state index contributed by atoms with van der Waals surface area (Å²) >= 11 is 0. The van der Waals surface area contributed by atoms with Gasteiger partial charge >= 0.3 is 0 Å². The minimum Gasteiger partial charge on any atom is -0.355 e. The molecule has 2 heterocycles. The van der Waals surface area contributed by atoms with Gasteiger partial charge in [-0.2, -0.15) is 0 Å². The van der Waals surface area contributed by atoms with Crippen LogP contribution in [0.1, 0.15) is 35.3 Å². The summed E-state index contributed by atoms with van der Waals surface area (Å²) < 4.78 is 5.28. The fraction of sp³-hybridized carbons (Fsp3) is 0.261. The largest absolute Gasteiger partial charge is 0.355 e. The Morgan fingerprint density at radius 3 is 2.45 bits per heavy atom. The van der Waals surface area contributed by atoms with Crippen molar-refractivity contribution in [3.05, 3.63) is 71.9 Å². The summed E-state index contributed by atoms with van der Waals surface area (Å²) in [7, 11) is 0. The Kier molecular flexibility index (Phi) is 5.70. The van der Waals surface area contributed by atoms with Gasteiger partial charge in [-0.05, 0) is 37.0 Å². The van der Waals surface area contributed by atoms with Crippen LogP contribution >= 0.6 is 0 Å². The number of likely N-dealkylation sites (tertiary alicyclic amines) is 1. The van der Waals surface area contributed by atoms with Crippen molar-refractivity contribution in [1.82, 2.24) is 10.1 Å². The molecule has 6 nitrogen and oxygen atoms in total. The molecule has 148 valence electrons. The number of carbonyl (C=O) groups is 2. The van der Waals surface area contributed by atoms with Gasteiger partial charge in [0.2, 0.25) is 5.91 Å². The number of nitrogens with zero attached hydrogens (tertiary/aromatic N) is 2. The van der Waals surface area contributed by atoms with Gasteiger partial charge in [-0.3, -0.25) is 9.59 Å². The van der Waals surface area contributed by atoms with E-state index in [1.165, 1.54) is 0 Å². The molecule has 0 radical (unpaired) electrons. The van der Waals surface area contributed by atoms with Crippen LogP contribution in [0, 0.1) is 0 Å². The van der Waals surface area contributed by atoms with Crippen molar-refractivity contribution in [2.45, 2.75) is 25.7 Å². The van der Waals surface area contributed by atoms with Gasteiger partial charge in [0.05, 0.1) is 0 Å². The van der Waals surface area contributed by atoms with E-state index in [2.05, 4.69) is 10.5 Å². The second kappa shape index (κ2) is 8.73. The highest BCUT2D eigenvalue weighted by atomic mass is 16.5. The zero-order chi connectivity index (χ0) is 20.1. The maximum atomic E-state index is 12.4. The molecule has 0 unspecified atom stereocenters. The molecule has 29 heavy (non-hydrogen) atoms. The molecule has 0 atom stereocenters.